The van der Waals surface area contributed by atoms with Crippen LogP contribution < -0.4 is 0 Å². The minimum absolute atomic E-state index is 0.0632. The van der Waals surface area contributed by atoms with Crippen molar-refractivity contribution in [3.05, 3.63) is 11.6 Å². The molecule has 0 radical (unpaired) electrons. The molecule has 0 amide bonds. The van der Waals surface area contributed by atoms with E-state index in [2.05, 4.69) is 54.5 Å². The number of fused-ring (bicyclic) bond motifs is 5. The number of unbranched alkanes of at least 4 members (excludes halogenated alkanes) is 9. The zero-order chi connectivity index (χ0) is 33.2. The minimum Gasteiger partial charge on any atom is -0.462 e. The van der Waals surface area contributed by atoms with E-state index in [-0.39, 0.29) is 12.1 Å². The molecule has 2 nitrogen and oxygen atoms in total. The van der Waals surface area contributed by atoms with Crippen molar-refractivity contribution >= 4 is 5.97 Å². The Morgan fingerprint density at radius 2 is 1.46 bits per heavy atom. The summed E-state index contributed by atoms with van der Waals surface area (Å²) in [5.74, 6) is 6.25. The highest BCUT2D eigenvalue weighted by atomic mass is 16.5. The van der Waals surface area contributed by atoms with Gasteiger partial charge in [0, 0.05) is 12.8 Å². The average Bonchev–Trinajstić information content (AvgIpc) is 3.38. The van der Waals surface area contributed by atoms with Gasteiger partial charge in [-0.2, -0.15) is 0 Å². The van der Waals surface area contributed by atoms with Crippen molar-refractivity contribution in [3.63, 3.8) is 0 Å². The van der Waals surface area contributed by atoms with E-state index < -0.39 is 0 Å². The summed E-state index contributed by atoms with van der Waals surface area (Å²) >= 11 is 0. The highest BCUT2D eigenvalue weighted by Crippen LogP contribution is 2.67. The third-order valence-corrected chi connectivity index (χ3v) is 14.6. The van der Waals surface area contributed by atoms with Gasteiger partial charge in [-0.05, 0) is 104 Å². The smallest absolute Gasteiger partial charge is 0.306 e. The molecule has 9 atom stereocenters. The first kappa shape index (κ1) is 38.0. The van der Waals surface area contributed by atoms with Gasteiger partial charge in [0.25, 0.3) is 0 Å². The summed E-state index contributed by atoms with van der Waals surface area (Å²) in [6.07, 6.45) is 33.9. The summed E-state index contributed by atoms with van der Waals surface area (Å²) in [6, 6.07) is 0. The Bertz CT molecular complexity index is 934. The molecule has 0 aromatic carbocycles. The van der Waals surface area contributed by atoms with Gasteiger partial charge in [0.15, 0.2) is 0 Å². The molecule has 9 unspecified atom stereocenters. The second kappa shape index (κ2) is 18.3. The first-order valence-corrected chi connectivity index (χ1v) is 21.0. The fourth-order valence-corrected chi connectivity index (χ4v) is 11.4. The van der Waals surface area contributed by atoms with Crippen LogP contribution in [-0.2, 0) is 9.53 Å². The van der Waals surface area contributed by atoms with Gasteiger partial charge in [-0.1, -0.05) is 150 Å². The van der Waals surface area contributed by atoms with Crippen LogP contribution in [0.25, 0.3) is 0 Å². The molecule has 3 saturated carbocycles. The van der Waals surface area contributed by atoms with E-state index in [1.54, 1.807) is 5.57 Å². The fraction of sp³-hybridized carbons (Fsp3) is 0.932. The first-order valence-electron chi connectivity index (χ1n) is 21.0. The average molecular weight is 639 g/mol. The van der Waals surface area contributed by atoms with Crippen LogP contribution in [0.4, 0.5) is 0 Å². The van der Waals surface area contributed by atoms with E-state index in [0.29, 0.717) is 17.3 Å². The van der Waals surface area contributed by atoms with Crippen LogP contribution >= 0.6 is 0 Å². The van der Waals surface area contributed by atoms with Crippen LogP contribution in [0.15, 0.2) is 11.6 Å². The molecule has 0 aliphatic heterocycles. The molecular formula is C44H78O2. The topological polar surface area (TPSA) is 26.3 Å². The summed E-state index contributed by atoms with van der Waals surface area (Å²) in [7, 11) is 0. The van der Waals surface area contributed by atoms with Crippen LogP contribution in [0.1, 0.15) is 203 Å². The van der Waals surface area contributed by atoms with Crippen molar-refractivity contribution in [3.8, 4) is 0 Å². The second-order valence-electron chi connectivity index (χ2n) is 18.2. The molecule has 0 bridgehead atoms. The normalized spacial score (nSPS) is 33.6. The number of rotatable bonds is 20. The monoisotopic (exact) mass is 639 g/mol. The molecule has 0 aromatic heterocycles. The molecule has 0 spiro atoms. The van der Waals surface area contributed by atoms with Gasteiger partial charge in [0.2, 0.25) is 0 Å². The summed E-state index contributed by atoms with van der Waals surface area (Å²) in [6.45, 7) is 17.4. The molecule has 46 heavy (non-hydrogen) atoms. The Morgan fingerprint density at radius 3 is 2.13 bits per heavy atom. The molecule has 0 saturated heterocycles. The Kier molecular flexibility index (Phi) is 15.1. The van der Waals surface area contributed by atoms with Crippen LogP contribution in [0.5, 0.6) is 0 Å². The summed E-state index contributed by atoms with van der Waals surface area (Å²) in [5, 5.41) is 0. The summed E-state index contributed by atoms with van der Waals surface area (Å²) in [4.78, 5) is 12.8. The third-order valence-electron chi connectivity index (χ3n) is 14.6. The fourth-order valence-electron chi connectivity index (χ4n) is 11.4. The van der Waals surface area contributed by atoms with E-state index in [1.807, 2.05) is 0 Å². The highest BCUT2D eigenvalue weighted by molar-refractivity contribution is 5.69. The van der Waals surface area contributed by atoms with Crippen molar-refractivity contribution in [2.24, 2.45) is 52.3 Å². The van der Waals surface area contributed by atoms with Gasteiger partial charge < -0.3 is 4.74 Å². The van der Waals surface area contributed by atoms with Gasteiger partial charge in [-0.15, -0.1) is 0 Å². The Hall–Kier alpha value is -0.790. The highest BCUT2D eigenvalue weighted by Gasteiger charge is 2.59. The van der Waals surface area contributed by atoms with E-state index in [0.717, 1.165) is 60.7 Å². The summed E-state index contributed by atoms with van der Waals surface area (Å²) < 4.78 is 6.13. The van der Waals surface area contributed by atoms with E-state index in [1.165, 1.54) is 128 Å². The quantitative estimate of drug-likeness (QED) is 0.0753. The lowest BCUT2D eigenvalue weighted by molar-refractivity contribution is -0.151. The van der Waals surface area contributed by atoms with Crippen molar-refractivity contribution in [2.45, 2.75) is 209 Å². The van der Waals surface area contributed by atoms with Crippen molar-refractivity contribution < 1.29 is 9.53 Å². The molecule has 3 fully saturated rings. The zero-order valence-electron chi connectivity index (χ0n) is 32.0. The third kappa shape index (κ3) is 9.89. The SMILES string of the molecule is CCC(C)CCCCCCCCCCCCC(=O)OC1CCC2(C)C(=CCC3C2CCC2(C)C(C(C)CCCC(C)C)CCC32)C1. The van der Waals surface area contributed by atoms with Crippen LogP contribution in [0.2, 0.25) is 0 Å². The van der Waals surface area contributed by atoms with Crippen molar-refractivity contribution in [1.29, 1.82) is 0 Å². The standard InChI is InChI=1S/C44H78O2/c1-8-34(4)21-17-15-13-11-9-10-12-14-16-18-23-42(45)46-37-28-30-43(6)36(32-37)24-25-38-40-27-26-39(35(5)22-19-20-33(2)3)44(40,7)31-29-41(38)43/h24,33-35,37-41H,8-23,25-32H2,1-7H3. The van der Waals surface area contributed by atoms with E-state index in [4.69, 9.17) is 4.74 Å². The molecule has 4 aliphatic rings. The zero-order valence-corrected chi connectivity index (χ0v) is 32.0. The number of hydrogen-bond acceptors (Lipinski definition) is 2. The van der Waals surface area contributed by atoms with Gasteiger partial charge in [-0.3, -0.25) is 4.79 Å². The Balaban J connectivity index is 1.13. The number of allylic oxidation sites excluding steroid dienone is 1. The molecule has 2 heteroatoms. The lowest BCUT2D eigenvalue weighted by atomic mass is 9.47. The minimum atomic E-state index is 0.0632. The number of esters is 1. The summed E-state index contributed by atoms with van der Waals surface area (Å²) in [5.41, 5.74) is 2.54. The van der Waals surface area contributed by atoms with Crippen LogP contribution in [-0.4, -0.2) is 12.1 Å². The number of carbonyl (C=O) groups excluding carboxylic acids is 1. The lowest BCUT2D eigenvalue weighted by Gasteiger charge is -2.58. The molecule has 0 aromatic rings. The largest absolute Gasteiger partial charge is 0.462 e. The molecule has 266 valence electrons. The first-order chi connectivity index (χ1) is 22.1. The maximum Gasteiger partial charge on any atom is 0.306 e. The second-order valence-corrected chi connectivity index (χ2v) is 18.2. The molecule has 4 aliphatic carbocycles. The van der Waals surface area contributed by atoms with Gasteiger partial charge in [0.1, 0.15) is 6.10 Å². The van der Waals surface area contributed by atoms with Gasteiger partial charge in [-0.25, -0.2) is 0 Å². The molecule has 0 N–H and O–H groups in total. The Morgan fingerprint density at radius 1 is 0.783 bits per heavy atom. The maximum absolute atomic E-state index is 12.8. The van der Waals surface area contributed by atoms with E-state index >= 15 is 0 Å². The lowest BCUT2D eigenvalue weighted by Crippen LogP contribution is -2.51. The predicted octanol–water partition coefficient (Wildman–Crippen LogP) is 13.7. The van der Waals surface area contributed by atoms with E-state index in [9.17, 15) is 4.79 Å². The number of ether oxygens (including phenoxy) is 1. The predicted molar refractivity (Wildman–Crippen MR) is 198 cm³/mol. The number of carbonyl (C=O) groups is 1. The van der Waals surface area contributed by atoms with Gasteiger partial charge in [0.05, 0.1) is 0 Å². The molecule has 4 rings (SSSR count). The van der Waals surface area contributed by atoms with Crippen molar-refractivity contribution in [1.82, 2.24) is 0 Å². The van der Waals surface area contributed by atoms with Crippen LogP contribution in [0.3, 0.4) is 0 Å². The Labute approximate surface area is 287 Å². The molecule has 0 heterocycles. The number of hydrogen-bond donors (Lipinski definition) is 0. The molecular weight excluding hydrogens is 560 g/mol. The maximum atomic E-state index is 12.8. The van der Waals surface area contributed by atoms with Crippen molar-refractivity contribution in [2.75, 3.05) is 0 Å². The van der Waals surface area contributed by atoms with Gasteiger partial charge >= 0.3 is 5.97 Å². The van der Waals surface area contributed by atoms with Crippen LogP contribution in [0, 0.1) is 52.3 Å².